The first-order chi connectivity index (χ1) is 13.7. The Kier molecular flexibility index (Phi) is 10.9. The second-order valence-electron chi connectivity index (χ2n) is 8.17. The second-order valence-corrected chi connectivity index (χ2v) is 8.17. The Labute approximate surface area is 174 Å². The van der Waals surface area contributed by atoms with Gasteiger partial charge in [0.15, 0.2) is 5.78 Å². The molecule has 4 unspecified atom stereocenters. The minimum atomic E-state index is -0.871. The third-order valence-electron chi connectivity index (χ3n) is 5.53. The summed E-state index contributed by atoms with van der Waals surface area (Å²) in [5.74, 6) is -1.23. The molecule has 0 saturated heterocycles. The zero-order chi connectivity index (χ0) is 22.0. The monoisotopic (exact) mass is 407 g/mol. The van der Waals surface area contributed by atoms with Gasteiger partial charge in [0.05, 0.1) is 6.10 Å². The van der Waals surface area contributed by atoms with Gasteiger partial charge in [-0.1, -0.05) is 53.4 Å². The summed E-state index contributed by atoms with van der Waals surface area (Å²) in [6, 6.07) is 1.34. The molecule has 0 spiro atoms. The van der Waals surface area contributed by atoms with E-state index in [1.165, 1.54) is 6.07 Å². The van der Waals surface area contributed by atoms with Crippen molar-refractivity contribution in [2.75, 3.05) is 7.05 Å². The lowest BCUT2D eigenvalue weighted by Gasteiger charge is -2.21. The lowest BCUT2D eigenvalue weighted by Crippen LogP contribution is -2.30. The number of aliphatic hydroxyl groups excluding tert-OH is 1. The molecule has 0 bridgehead atoms. The van der Waals surface area contributed by atoms with E-state index in [9.17, 15) is 19.8 Å². The van der Waals surface area contributed by atoms with Crippen LogP contribution in [0.4, 0.5) is 0 Å². The van der Waals surface area contributed by atoms with E-state index in [2.05, 4.69) is 18.8 Å². The van der Waals surface area contributed by atoms with Crippen molar-refractivity contribution in [1.29, 1.82) is 0 Å². The highest BCUT2D eigenvalue weighted by Crippen LogP contribution is 2.27. The maximum absolute atomic E-state index is 12.8. The molecule has 6 heteroatoms. The van der Waals surface area contributed by atoms with Crippen molar-refractivity contribution < 1.29 is 19.4 Å². The van der Waals surface area contributed by atoms with Gasteiger partial charge in [-0.3, -0.25) is 4.79 Å². The lowest BCUT2D eigenvalue weighted by molar-refractivity contribution is 0.0630. The molecule has 0 aromatic carbocycles. The topological polar surface area (TPSA) is 100 Å². The van der Waals surface area contributed by atoms with Gasteiger partial charge in [-0.05, 0) is 31.4 Å². The Bertz CT molecular complexity index is 724. The molecule has 0 aliphatic heterocycles. The van der Waals surface area contributed by atoms with Gasteiger partial charge in [0.2, 0.25) is 0 Å². The van der Waals surface area contributed by atoms with Crippen LogP contribution in [0.5, 0.6) is 5.75 Å². The van der Waals surface area contributed by atoms with Crippen LogP contribution in [0.25, 0.3) is 0 Å². The third-order valence-corrected chi connectivity index (χ3v) is 5.53. The summed E-state index contributed by atoms with van der Waals surface area (Å²) >= 11 is 0. The van der Waals surface area contributed by atoms with E-state index in [1.807, 2.05) is 6.92 Å². The largest absolute Gasteiger partial charge is 0.507 e. The quantitative estimate of drug-likeness (QED) is 0.280. The predicted molar refractivity (Wildman–Crippen MR) is 116 cm³/mol. The summed E-state index contributed by atoms with van der Waals surface area (Å²) in [6.07, 6.45) is 7.20. The number of unbranched alkanes of at least 4 members (excludes halogenated alkanes) is 2. The Balaban J connectivity index is 2.86. The second kappa shape index (κ2) is 12.6. The maximum Gasteiger partial charge on any atom is 0.350 e. The third kappa shape index (κ3) is 7.77. The molecule has 0 radical (unpaired) electrons. The van der Waals surface area contributed by atoms with Crippen molar-refractivity contribution in [1.82, 2.24) is 0 Å². The zero-order valence-electron chi connectivity index (χ0n) is 18.5. The first-order valence-electron chi connectivity index (χ1n) is 10.7. The van der Waals surface area contributed by atoms with Crippen LogP contribution in [0, 0.1) is 11.8 Å². The number of rotatable bonds is 13. The highest BCUT2D eigenvalue weighted by Gasteiger charge is 2.30. The van der Waals surface area contributed by atoms with Crippen LogP contribution in [0.3, 0.4) is 0 Å². The number of carbonyl (C=O) groups excluding carboxylic acids is 1. The molecule has 1 aromatic rings. The number of hydrogen-bond acceptors (Lipinski definition) is 6. The van der Waals surface area contributed by atoms with E-state index in [0.717, 1.165) is 32.1 Å². The Morgan fingerprint density at radius 1 is 1.24 bits per heavy atom. The van der Waals surface area contributed by atoms with Crippen LogP contribution < -0.4 is 5.63 Å². The minimum Gasteiger partial charge on any atom is -0.507 e. The standard InChI is InChI=1S/C23H37NO5/c1-6-7-8-10-15(2)13-18(25)17(4)22(27)21-19(26)14-20(29-23(21)28)16(3)11-9-12-24-5/h12,14-18,25-26H,6-11,13H2,1-5H3. The highest BCUT2D eigenvalue weighted by atomic mass is 16.4. The van der Waals surface area contributed by atoms with E-state index in [1.54, 1.807) is 20.2 Å². The fraction of sp³-hybridized carbons (Fsp3) is 0.696. The summed E-state index contributed by atoms with van der Waals surface area (Å²) in [6.45, 7) is 7.67. The number of aliphatic imine (C=N–C) groups is 1. The smallest absolute Gasteiger partial charge is 0.350 e. The summed E-state index contributed by atoms with van der Waals surface area (Å²) in [5, 5.41) is 20.8. The molecule has 4 atom stereocenters. The molecule has 1 rings (SSSR count). The number of nitrogens with zero attached hydrogens (tertiary/aromatic N) is 1. The van der Waals surface area contributed by atoms with E-state index in [0.29, 0.717) is 18.6 Å². The van der Waals surface area contributed by atoms with Crippen molar-refractivity contribution in [2.24, 2.45) is 16.8 Å². The molecule has 6 nitrogen and oxygen atoms in total. The first-order valence-corrected chi connectivity index (χ1v) is 10.7. The van der Waals surface area contributed by atoms with Crippen LogP contribution in [-0.4, -0.2) is 35.4 Å². The van der Waals surface area contributed by atoms with Gasteiger partial charge < -0.3 is 19.6 Å². The van der Waals surface area contributed by atoms with Crippen LogP contribution in [-0.2, 0) is 0 Å². The van der Waals surface area contributed by atoms with Crippen molar-refractivity contribution in [3.63, 3.8) is 0 Å². The molecule has 0 aliphatic carbocycles. The molecule has 1 aromatic heterocycles. The summed E-state index contributed by atoms with van der Waals surface area (Å²) < 4.78 is 5.32. The average molecular weight is 408 g/mol. The van der Waals surface area contributed by atoms with Gasteiger partial charge in [0.1, 0.15) is 17.1 Å². The Hall–Kier alpha value is -1.95. The predicted octanol–water partition coefficient (Wildman–Crippen LogP) is 4.72. The number of hydrogen-bond donors (Lipinski definition) is 2. The van der Waals surface area contributed by atoms with E-state index >= 15 is 0 Å². The van der Waals surface area contributed by atoms with E-state index in [4.69, 9.17) is 4.42 Å². The SMILES string of the molecule is CCCCCC(C)CC(O)C(C)C(=O)c1c(O)cc(C(C)CCC=NC)oc1=O. The lowest BCUT2D eigenvalue weighted by atomic mass is 9.87. The maximum atomic E-state index is 12.8. The molecule has 0 amide bonds. The molecule has 0 saturated carbocycles. The normalized spacial score (nSPS) is 15.9. The molecular formula is C23H37NO5. The van der Waals surface area contributed by atoms with Crippen LogP contribution >= 0.6 is 0 Å². The average Bonchev–Trinajstić information content (AvgIpc) is 2.66. The highest BCUT2D eigenvalue weighted by molar-refractivity contribution is 5.99. The first kappa shape index (κ1) is 25.1. The van der Waals surface area contributed by atoms with Gasteiger partial charge in [0.25, 0.3) is 0 Å². The molecule has 0 fully saturated rings. The molecule has 29 heavy (non-hydrogen) atoms. The number of Topliss-reactive ketones (excluding diaryl/α,β-unsaturated/α-hetero) is 1. The summed E-state index contributed by atoms with van der Waals surface area (Å²) in [4.78, 5) is 29.1. The van der Waals surface area contributed by atoms with Gasteiger partial charge in [-0.2, -0.15) is 0 Å². The number of aromatic hydroxyl groups is 1. The molecule has 0 aliphatic rings. The summed E-state index contributed by atoms with van der Waals surface area (Å²) in [5.41, 5.74) is -1.22. The number of aliphatic hydroxyl groups is 1. The van der Waals surface area contributed by atoms with Gasteiger partial charge >= 0.3 is 5.63 Å². The zero-order valence-corrected chi connectivity index (χ0v) is 18.5. The number of ketones is 1. The minimum absolute atomic E-state index is 0.0947. The summed E-state index contributed by atoms with van der Waals surface area (Å²) in [7, 11) is 1.69. The Morgan fingerprint density at radius 2 is 1.93 bits per heavy atom. The molecular weight excluding hydrogens is 370 g/mol. The van der Waals surface area contributed by atoms with E-state index in [-0.39, 0.29) is 23.1 Å². The van der Waals surface area contributed by atoms with Crippen LogP contribution in [0.2, 0.25) is 0 Å². The fourth-order valence-electron chi connectivity index (χ4n) is 3.44. The van der Waals surface area contributed by atoms with Crippen molar-refractivity contribution in [3.05, 3.63) is 27.8 Å². The van der Waals surface area contributed by atoms with Crippen molar-refractivity contribution in [3.8, 4) is 5.75 Å². The molecule has 1 heterocycles. The van der Waals surface area contributed by atoms with Crippen molar-refractivity contribution in [2.45, 2.75) is 84.7 Å². The molecule has 164 valence electrons. The van der Waals surface area contributed by atoms with E-state index < -0.39 is 23.4 Å². The molecule has 2 N–H and O–H groups in total. The van der Waals surface area contributed by atoms with Gasteiger partial charge in [-0.25, -0.2) is 4.79 Å². The van der Waals surface area contributed by atoms with Crippen molar-refractivity contribution >= 4 is 12.0 Å². The van der Waals surface area contributed by atoms with Gasteiger partial charge in [-0.15, -0.1) is 0 Å². The fourth-order valence-corrected chi connectivity index (χ4v) is 3.44. The Morgan fingerprint density at radius 3 is 2.52 bits per heavy atom. The number of carbonyl (C=O) groups is 1. The van der Waals surface area contributed by atoms with Crippen LogP contribution in [0.15, 0.2) is 20.3 Å². The van der Waals surface area contributed by atoms with Gasteiger partial charge in [0, 0.05) is 24.9 Å². The van der Waals surface area contributed by atoms with Crippen LogP contribution in [0.1, 0.15) is 94.7 Å².